The molecule has 0 saturated carbocycles. The van der Waals surface area contributed by atoms with Crippen LogP contribution in [0.4, 0.5) is 24.5 Å². The number of piperidine rings is 2. The number of thiazole rings is 1. The smallest absolute Gasteiger partial charge is 0.386 e. The van der Waals surface area contributed by atoms with Gasteiger partial charge in [-0.1, -0.05) is 24.3 Å². The number of benzene rings is 2. The van der Waals surface area contributed by atoms with Crippen molar-refractivity contribution in [3.05, 3.63) is 82.1 Å². The third kappa shape index (κ3) is 7.50. The number of hydrogen-bond donors (Lipinski definition) is 4. The van der Waals surface area contributed by atoms with Crippen LogP contribution in [0.15, 0.2) is 54.6 Å². The zero-order valence-corrected chi connectivity index (χ0v) is 27.2. The molecule has 0 radical (unpaired) electrons. The van der Waals surface area contributed by atoms with Crippen LogP contribution in [0.2, 0.25) is 0 Å². The molecule has 4 N–H and O–H groups in total. The van der Waals surface area contributed by atoms with Gasteiger partial charge in [0.05, 0.1) is 20.8 Å². The van der Waals surface area contributed by atoms with Gasteiger partial charge < -0.3 is 15.7 Å². The van der Waals surface area contributed by atoms with Crippen molar-refractivity contribution in [2.75, 3.05) is 23.7 Å². The van der Waals surface area contributed by atoms with Crippen molar-refractivity contribution in [3.63, 3.8) is 0 Å². The fourth-order valence-corrected chi connectivity index (χ4v) is 7.24. The third-order valence-electron chi connectivity index (χ3n) is 8.64. The van der Waals surface area contributed by atoms with Crippen LogP contribution in [-0.2, 0) is 27.9 Å². The Balaban J connectivity index is 1.14. The van der Waals surface area contributed by atoms with Gasteiger partial charge in [0.1, 0.15) is 17.4 Å². The molecule has 1 unspecified atom stereocenters. The van der Waals surface area contributed by atoms with Crippen molar-refractivity contribution >= 4 is 50.6 Å². The highest BCUT2D eigenvalue weighted by atomic mass is 32.1. The number of aromatic nitrogens is 2. The average molecular weight is 681 g/mol. The first-order chi connectivity index (χ1) is 22.7. The van der Waals surface area contributed by atoms with E-state index in [0.29, 0.717) is 30.5 Å². The molecule has 0 aliphatic carbocycles. The second-order valence-corrected chi connectivity index (χ2v) is 13.8. The number of aliphatic hydroxyl groups is 1. The highest BCUT2D eigenvalue weighted by Gasteiger charge is 2.33. The Morgan fingerprint density at radius 3 is 2.48 bits per heavy atom. The molecule has 1 atom stereocenters. The Labute approximate surface area is 278 Å². The Morgan fingerprint density at radius 2 is 1.77 bits per heavy atom. The maximum atomic E-state index is 13.2. The number of anilines is 2. The molecule has 0 spiro atoms. The number of nitrogens with one attached hydrogen (secondary N) is 3. The number of halogens is 3. The second-order valence-electron chi connectivity index (χ2n) is 12.7. The summed E-state index contributed by atoms with van der Waals surface area (Å²) < 4.78 is 40.3. The number of amides is 3. The van der Waals surface area contributed by atoms with Crippen LogP contribution in [-0.4, -0.2) is 56.8 Å². The minimum absolute atomic E-state index is 0.202. The molecule has 10 nitrogen and oxygen atoms in total. The molecular weight excluding hydrogens is 645 g/mol. The Morgan fingerprint density at radius 1 is 1.02 bits per heavy atom. The van der Waals surface area contributed by atoms with Gasteiger partial charge in [0, 0.05) is 35.8 Å². The number of imide groups is 1. The molecule has 4 heterocycles. The molecule has 2 saturated heterocycles. The highest BCUT2D eigenvalue weighted by Crippen LogP contribution is 2.39. The zero-order valence-electron chi connectivity index (χ0n) is 26.4. The van der Waals surface area contributed by atoms with Crippen LogP contribution in [0.5, 0.6) is 0 Å². The average Bonchev–Trinajstić information content (AvgIpc) is 3.45. The molecular formula is C34H35F3N6O4S. The van der Waals surface area contributed by atoms with Crippen LogP contribution in [0.3, 0.4) is 0 Å². The zero-order chi connectivity index (χ0) is 34.2. The fourth-order valence-electron chi connectivity index (χ4n) is 6.08. The monoisotopic (exact) mass is 680 g/mol. The molecule has 2 aliphatic heterocycles. The number of pyridine rings is 1. The SMILES string of the molecule is CC(C)(O)c1cc2nc(C3CCN(Cc4ccccc4NC4CCC(=O)NC4=O)CC3)sc2cc1NC(=O)c1cccc(C(F)(F)F)n1. The van der Waals surface area contributed by atoms with Gasteiger partial charge in [0.2, 0.25) is 11.8 Å². The van der Waals surface area contributed by atoms with Crippen molar-refractivity contribution in [1.29, 1.82) is 0 Å². The molecule has 48 heavy (non-hydrogen) atoms. The molecule has 2 fully saturated rings. The van der Waals surface area contributed by atoms with E-state index >= 15 is 0 Å². The van der Waals surface area contributed by atoms with Gasteiger partial charge in [-0.05, 0) is 82.1 Å². The topological polar surface area (TPSA) is 137 Å². The van der Waals surface area contributed by atoms with Crippen LogP contribution in [0, 0.1) is 0 Å². The number of rotatable bonds is 8. The number of carbonyl (C=O) groups excluding carboxylic acids is 3. The quantitative estimate of drug-likeness (QED) is 0.172. The minimum atomic E-state index is -4.69. The lowest BCUT2D eigenvalue weighted by Crippen LogP contribution is -2.47. The van der Waals surface area contributed by atoms with Crippen LogP contribution in [0.1, 0.15) is 77.8 Å². The van der Waals surface area contributed by atoms with Gasteiger partial charge in [0.25, 0.3) is 5.91 Å². The van der Waals surface area contributed by atoms with E-state index < -0.39 is 35.1 Å². The van der Waals surface area contributed by atoms with Gasteiger partial charge >= 0.3 is 6.18 Å². The second kappa shape index (κ2) is 13.2. The summed E-state index contributed by atoms with van der Waals surface area (Å²) in [6.45, 7) is 5.48. The Hall–Kier alpha value is -4.40. The van der Waals surface area contributed by atoms with Crippen molar-refractivity contribution in [3.8, 4) is 0 Å². The number of nitrogens with zero attached hydrogens (tertiary/aromatic N) is 3. The summed E-state index contributed by atoms with van der Waals surface area (Å²) in [5.74, 6) is -1.18. The molecule has 4 aromatic rings. The first-order valence-electron chi connectivity index (χ1n) is 15.7. The van der Waals surface area contributed by atoms with E-state index in [9.17, 15) is 32.7 Å². The van der Waals surface area contributed by atoms with Gasteiger partial charge in [-0.2, -0.15) is 13.2 Å². The number of para-hydroxylation sites is 1. The lowest BCUT2D eigenvalue weighted by molar-refractivity contribution is -0.141. The van der Waals surface area contributed by atoms with Crippen LogP contribution < -0.4 is 16.0 Å². The highest BCUT2D eigenvalue weighted by molar-refractivity contribution is 7.18. The maximum absolute atomic E-state index is 13.2. The summed E-state index contributed by atoms with van der Waals surface area (Å²) in [7, 11) is 0. The van der Waals surface area contributed by atoms with E-state index in [1.54, 1.807) is 26.0 Å². The number of carbonyl (C=O) groups is 3. The van der Waals surface area contributed by atoms with E-state index in [4.69, 9.17) is 4.98 Å². The summed E-state index contributed by atoms with van der Waals surface area (Å²) in [5, 5.41) is 20.2. The molecule has 14 heteroatoms. The predicted molar refractivity (Wildman–Crippen MR) is 176 cm³/mol. The van der Waals surface area contributed by atoms with Crippen LogP contribution in [0.25, 0.3) is 10.2 Å². The summed E-state index contributed by atoms with van der Waals surface area (Å²) in [6, 6.07) is 14.0. The van der Waals surface area contributed by atoms with E-state index in [-0.39, 0.29) is 23.4 Å². The van der Waals surface area contributed by atoms with E-state index in [2.05, 4.69) is 25.8 Å². The van der Waals surface area contributed by atoms with Crippen molar-refractivity contribution in [2.24, 2.45) is 0 Å². The molecule has 2 aromatic heterocycles. The fraction of sp³-hybridized carbons (Fsp3) is 0.382. The predicted octanol–water partition coefficient (Wildman–Crippen LogP) is 5.79. The number of fused-ring (bicyclic) bond motifs is 1. The number of likely N-dealkylation sites (tertiary alicyclic amines) is 1. The molecule has 6 rings (SSSR count). The third-order valence-corrected chi connectivity index (χ3v) is 9.82. The first-order valence-corrected chi connectivity index (χ1v) is 16.5. The summed E-state index contributed by atoms with van der Waals surface area (Å²) in [4.78, 5) is 47.6. The summed E-state index contributed by atoms with van der Waals surface area (Å²) >= 11 is 1.49. The van der Waals surface area contributed by atoms with Gasteiger partial charge in [-0.25, -0.2) is 9.97 Å². The van der Waals surface area contributed by atoms with Gasteiger partial charge in [-0.3, -0.25) is 24.6 Å². The van der Waals surface area contributed by atoms with Crippen LogP contribution >= 0.6 is 11.3 Å². The van der Waals surface area contributed by atoms with Gasteiger partial charge in [-0.15, -0.1) is 11.3 Å². The van der Waals surface area contributed by atoms with Gasteiger partial charge in [0.15, 0.2) is 0 Å². The lowest BCUT2D eigenvalue weighted by atomic mass is 9.95. The number of alkyl halides is 3. The Kier molecular flexibility index (Phi) is 9.25. The summed E-state index contributed by atoms with van der Waals surface area (Å²) in [6.07, 6.45) is -2.21. The van der Waals surface area contributed by atoms with Crippen molar-refractivity contribution in [1.82, 2.24) is 20.2 Å². The molecule has 2 aromatic carbocycles. The maximum Gasteiger partial charge on any atom is 0.433 e. The lowest BCUT2D eigenvalue weighted by Gasteiger charge is -2.32. The minimum Gasteiger partial charge on any atom is -0.386 e. The largest absolute Gasteiger partial charge is 0.433 e. The molecule has 0 bridgehead atoms. The summed E-state index contributed by atoms with van der Waals surface area (Å²) in [5.41, 5.74) is 0.316. The first kappa shape index (κ1) is 33.5. The van der Waals surface area contributed by atoms with E-state index in [1.165, 1.54) is 17.4 Å². The number of hydrogen-bond acceptors (Lipinski definition) is 9. The van der Waals surface area contributed by atoms with E-state index in [1.807, 2.05) is 24.3 Å². The molecule has 3 amide bonds. The van der Waals surface area contributed by atoms with Crippen molar-refractivity contribution < 1.29 is 32.7 Å². The van der Waals surface area contributed by atoms with Crippen molar-refractivity contribution in [2.45, 2.75) is 69.8 Å². The molecule has 252 valence electrons. The normalized spacial score (nSPS) is 18.2. The molecule has 2 aliphatic rings. The van der Waals surface area contributed by atoms with E-state index in [0.717, 1.165) is 59.0 Å². The Bertz CT molecular complexity index is 1860. The standard InChI is InChI=1S/C34H35F3N6O4S/c1-33(2,47)21-16-26-27(17-25(21)40-30(45)23-8-5-9-28(39-23)34(35,36)37)48-32(41-26)19-12-14-43(15-13-19)18-20-6-3-4-7-22(20)38-24-10-11-29(44)42-31(24)46/h3-9,16-17,19,24,38,47H,10-15,18H2,1-2H3,(H,40,45)(H,42,44,46).